The highest BCUT2D eigenvalue weighted by Crippen LogP contribution is 2.18. The molecule has 4 rings (SSSR count). The van der Waals surface area contributed by atoms with E-state index in [1.54, 1.807) is 24.7 Å². The van der Waals surface area contributed by atoms with E-state index in [2.05, 4.69) is 20.3 Å². The molecule has 1 amide bonds. The van der Waals surface area contributed by atoms with Gasteiger partial charge in [-0.15, -0.1) is 11.3 Å². The quantitative estimate of drug-likeness (QED) is 0.546. The second-order valence-corrected chi connectivity index (χ2v) is 7.00. The predicted molar refractivity (Wildman–Crippen MR) is 110 cm³/mol. The van der Waals surface area contributed by atoms with Crippen molar-refractivity contribution in [2.45, 2.75) is 6.54 Å². The third-order valence-corrected chi connectivity index (χ3v) is 4.94. The number of imidazole rings is 1. The summed E-state index contributed by atoms with van der Waals surface area (Å²) < 4.78 is 3.82. The SMILES string of the molecule is Cn1ccnc1C=Cc1csc(NC(=O)c2cccn2Cc2ccncc2)n1. The zero-order valence-electron chi connectivity index (χ0n) is 15.2. The summed E-state index contributed by atoms with van der Waals surface area (Å²) in [4.78, 5) is 25.4. The van der Waals surface area contributed by atoms with Gasteiger partial charge < -0.3 is 9.13 Å². The number of thiazole rings is 1. The van der Waals surface area contributed by atoms with Crippen LogP contribution >= 0.6 is 11.3 Å². The molecule has 0 atom stereocenters. The Hall–Kier alpha value is -3.52. The number of hydrogen-bond acceptors (Lipinski definition) is 5. The predicted octanol–water partition coefficient (Wildman–Crippen LogP) is 3.54. The lowest BCUT2D eigenvalue weighted by Crippen LogP contribution is -2.17. The molecule has 28 heavy (non-hydrogen) atoms. The number of nitrogens with zero attached hydrogens (tertiary/aromatic N) is 5. The normalized spacial score (nSPS) is 11.2. The molecule has 0 saturated carbocycles. The molecule has 0 spiro atoms. The van der Waals surface area contributed by atoms with Gasteiger partial charge in [-0.05, 0) is 42.0 Å². The topological polar surface area (TPSA) is 77.6 Å². The van der Waals surface area contributed by atoms with E-state index in [-0.39, 0.29) is 5.91 Å². The number of amides is 1. The highest BCUT2D eigenvalue weighted by molar-refractivity contribution is 7.14. The summed E-state index contributed by atoms with van der Waals surface area (Å²) >= 11 is 1.39. The van der Waals surface area contributed by atoms with E-state index in [4.69, 9.17) is 0 Å². The molecule has 0 aromatic carbocycles. The summed E-state index contributed by atoms with van der Waals surface area (Å²) in [6.07, 6.45) is 12.8. The Morgan fingerprint density at radius 1 is 1.18 bits per heavy atom. The Labute approximate surface area is 166 Å². The summed E-state index contributed by atoms with van der Waals surface area (Å²) in [6, 6.07) is 7.52. The number of anilines is 1. The average Bonchev–Trinajstić information content (AvgIpc) is 3.43. The standard InChI is InChI=1S/C20H18N6OS/c1-25-12-10-22-18(25)5-4-16-14-28-20(23-16)24-19(27)17-3-2-11-26(17)13-15-6-8-21-9-7-15/h2-12,14H,13H2,1H3,(H,23,24,27). The highest BCUT2D eigenvalue weighted by Gasteiger charge is 2.13. The van der Waals surface area contributed by atoms with Crippen molar-refractivity contribution in [3.05, 3.63) is 83.4 Å². The van der Waals surface area contributed by atoms with Crippen LogP contribution in [0.1, 0.15) is 27.6 Å². The Bertz CT molecular complexity index is 1110. The summed E-state index contributed by atoms with van der Waals surface area (Å²) in [7, 11) is 1.93. The summed E-state index contributed by atoms with van der Waals surface area (Å²) in [5, 5.41) is 5.33. The first-order valence-electron chi connectivity index (χ1n) is 8.65. The van der Waals surface area contributed by atoms with Crippen LogP contribution in [0, 0.1) is 0 Å². The van der Waals surface area contributed by atoms with E-state index in [1.165, 1.54) is 11.3 Å². The summed E-state index contributed by atoms with van der Waals surface area (Å²) in [5.74, 6) is 0.653. The molecular formula is C20H18N6OS. The lowest BCUT2D eigenvalue weighted by Gasteiger charge is -2.08. The Morgan fingerprint density at radius 3 is 2.82 bits per heavy atom. The molecule has 0 aliphatic heterocycles. The highest BCUT2D eigenvalue weighted by atomic mass is 32.1. The minimum absolute atomic E-state index is 0.187. The van der Waals surface area contributed by atoms with Crippen molar-refractivity contribution < 1.29 is 4.79 Å². The van der Waals surface area contributed by atoms with Gasteiger partial charge >= 0.3 is 0 Å². The van der Waals surface area contributed by atoms with Crippen LogP contribution in [0.25, 0.3) is 12.2 Å². The van der Waals surface area contributed by atoms with Crippen LogP contribution in [0.15, 0.2) is 60.6 Å². The number of carbonyl (C=O) groups is 1. The molecule has 4 heterocycles. The Morgan fingerprint density at radius 2 is 2.04 bits per heavy atom. The van der Waals surface area contributed by atoms with Crippen LogP contribution in [0.2, 0.25) is 0 Å². The van der Waals surface area contributed by atoms with E-state index in [9.17, 15) is 4.79 Å². The molecule has 140 valence electrons. The molecule has 7 nitrogen and oxygen atoms in total. The third-order valence-electron chi connectivity index (χ3n) is 4.17. The van der Waals surface area contributed by atoms with E-state index in [1.807, 2.05) is 64.3 Å². The summed E-state index contributed by atoms with van der Waals surface area (Å²) in [5.41, 5.74) is 2.43. The van der Waals surface area contributed by atoms with Crippen molar-refractivity contribution in [3.63, 3.8) is 0 Å². The lowest BCUT2D eigenvalue weighted by molar-refractivity contribution is 0.101. The Kier molecular flexibility index (Phi) is 5.11. The maximum atomic E-state index is 12.7. The second kappa shape index (κ2) is 8.01. The fourth-order valence-electron chi connectivity index (χ4n) is 2.72. The largest absolute Gasteiger partial charge is 0.339 e. The van der Waals surface area contributed by atoms with Crippen LogP contribution in [0.3, 0.4) is 0 Å². The molecular weight excluding hydrogens is 372 g/mol. The molecule has 4 aromatic heterocycles. The van der Waals surface area contributed by atoms with Crippen LogP contribution in [0.4, 0.5) is 5.13 Å². The monoisotopic (exact) mass is 390 g/mol. The van der Waals surface area contributed by atoms with Crippen LogP contribution < -0.4 is 5.32 Å². The molecule has 8 heteroatoms. The zero-order chi connectivity index (χ0) is 19.3. The molecule has 0 aliphatic carbocycles. The molecule has 0 aliphatic rings. The number of aromatic nitrogens is 5. The fourth-order valence-corrected chi connectivity index (χ4v) is 3.40. The first kappa shape index (κ1) is 17.9. The van der Waals surface area contributed by atoms with Gasteiger partial charge in [-0.3, -0.25) is 15.1 Å². The number of hydrogen-bond donors (Lipinski definition) is 1. The number of carbonyl (C=O) groups excluding carboxylic acids is 1. The lowest BCUT2D eigenvalue weighted by atomic mass is 10.2. The van der Waals surface area contributed by atoms with Crippen molar-refractivity contribution in [3.8, 4) is 0 Å². The number of aryl methyl sites for hydroxylation is 1. The fraction of sp³-hybridized carbons (Fsp3) is 0.100. The minimum Gasteiger partial charge on any atom is -0.339 e. The maximum Gasteiger partial charge on any atom is 0.274 e. The van der Waals surface area contributed by atoms with Gasteiger partial charge in [0.05, 0.1) is 5.69 Å². The first-order chi connectivity index (χ1) is 13.7. The van der Waals surface area contributed by atoms with E-state index < -0.39 is 0 Å². The van der Waals surface area contributed by atoms with Gasteiger partial charge in [0.25, 0.3) is 5.91 Å². The van der Waals surface area contributed by atoms with Crippen LogP contribution in [0.5, 0.6) is 0 Å². The summed E-state index contributed by atoms with van der Waals surface area (Å²) in [6.45, 7) is 0.605. The number of rotatable bonds is 6. The van der Waals surface area contributed by atoms with Gasteiger partial charge in [-0.2, -0.15) is 0 Å². The van der Waals surface area contributed by atoms with E-state index in [0.717, 1.165) is 17.1 Å². The number of pyridine rings is 1. The van der Waals surface area contributed by atoms with E-state index >= 15 is 0 Å². The maximum absolute atomic E-state index is 12.7. The Balaban J connectivity index is 1.44. The molecule has 0 radical (unpaired) electrons. The molecule has 0 fully saturated rings. The van der Waals surface area contributed by atoms with Crippen molar-refractivity contribution in [1.29, 1.82) is 0 Å². The smallest absolute Gasteiger partial charge is 0.274 e. The van der Waals surface area contributed by atoms with Crippen LogP contribution in [-0.4, -0.2) is 30.0 Å². The molecule has 0 bridgehead atoms. The van der Waals surface area contributed by atoms with Gasteiger partial charge in [0.1, 0.15) is 11.5 Å². The molecule has 4 aromatic rings. The number of nitrogens with one attached hydrogen (secondary N) is 1. The minimum atomic E-state index is -0.187. The molecule has 0 unspecified atom stereocenters. The van der Waals surface area contributed by atoms with Gasteiger partial charge in [0.2, 0.25) is 0 Å². The van der Waals surface area contributed by atoms with Gasteiger partial charge in [0, 0.05) is 50.0 Å². The molecule has 1 N–H and O–H groups in total. The van der Waals surface area contributed by atoms with Gasteiger partial charge in [-0.1, -0.05) is 0 Å². The third kappa shape index (κ3) is 4.07. The van der Waals surface area contributed by atoms with Gasteiger partial charge in [-0.25, -0.2) is 9.97 Å². The van der Waals surface area contributed by atoms with Crippen LogP contribution in [-0.2, 0) is 13.6 Å². The second-order valence-electron chi connectivity index (χ2n) is 6.14. The van der Waals surface area contributed by atoms with Crippen molar-refractivity contribution in [1.82, 2.24) is 24.1 Å². The zero-order valence-corrected chi connectivity index (χ0v) is 16.0. The van der Waals surface area contributed by atoms with Gasteiger partial charge in [0.15, 0.2) is 5.13 Å². The average molecular weight is 390 g/mol. The van der Waals surface area contributed by atoms with Crippen molar-refractivity contribution in [2.24, 2.45) is 7.05 Å². The van der Waals surface area contributed by atoms with Crippen molar-refractivity contribution in [2.75, 3.05) is 5.32 Å². The first-order valence-corrected chi connectivity index (χ1v) is 9.53. The molecule has 0 saturated heterocycles. The van der Waals surface area contributed by atoms with Crippen molar-refractivity contribution >= 4 is 34.5 Å². The van der Waals surface area contributed by atoms with E-state index in [0.29, 0.717) is 17.4 Å².